The number of ether oxygens (including phenoxy) is 2. The summed E-state index contributed by atoms with van der Waals surface area (Å²) in [6.07, 6.45) is 8.57. The average Bonchev–Trinajstić information content (AvgIpc) is 3.28. The number of imidazole rings is 1. The highest BCUT2D eigenvalue weighted by Crippen LogP contribution is 2.26. The molecule has 0 aliphatic carbocycles. The molecule has 8 heteroatoms. The Balaban J connectivity index is 1.14. The van der Waals surface area contributed by atoms with Crippen LogP contribution in [0.4, 0.5) is 10.2 Å². The van der Waals surface area contributed by atoms with Gasteiger partial charge in [0.05, 0.1) is 24.3 Å². The number of hydrogen-bond donors (Lipinski definition) is 0. The van der Waals surface area contributed by atoms with Crippen molar-refractivity contribution in [2.75, 3.05) is 24.6 Å². The van der Waals surface area contributed by atoms with Crippen LogP contribution >= 0.6 is 0 Å². The fraction of sp³-hybridized carbons (Fsp3) is 0.423. The smallest absolute Gasteiger partial charge is 0.215 e. The zero-order chi connectivity index (χ0) is 23.3. The van der Waals surface area contributed by atoms with E-state index >= 15 is 0 Å². The maximum absolute atomic E-state index is 14.1. The number of hydrogen-bond acceptors (Lipinski definition) is 6. The molecular weight excluding hydrogens is 433 g/mol. The van der Waals surface area contributed by atoms with Crippen LogP contribution in [0.1, 0.15) is 36.2 Å². The molecule has 176 valence electrons. The highest BCUT2D eigenvalue weighted by atomic mass is 19.1. The molecule has 34 heavy (non-hydrogen) atoms. The first-order valence-electron chi connectivity index (χ1n) is 11.8. The van der Waals surface area contributed by atoms with Gasteiger partial charge in [0, 0.05) is 50.1 Å². The Kier molecular flexibility index (Phi) is 6.72. The number of benzene rings is 1. The second kappa shape index (κ2) is 10.2. The molecule has 0 N–H and O–H groups in total. The summed E-state index contributed by atoms with van der Waals surface area (Å²) in [5.41, 5.74) is 0.690. The van der Waals surface area contributed by atoms with Crippen LogP contribution in [-0.2, 0) is 24.3 Å². The molecule has 4 heterocycles. The zero-order valence-corrected chi connectivity index (χ0v) is 19.1. The topological polar surface area (TPSA) is 76.2 Å². The summed E-state index contributed by atoms with van der Waals surface area (Å²) < 4.78 is 27.7. The Morgan fingerprint density at radius 2 is 2.03 bits per heavy atom. The molecule has 0 spiro atoms. The number of pyridine rings is 1. The van der Waals surface area contributed by atoms with Crippen molar-refractivity contribution in [1.29, 1.82) is 5.26 Å². The quantitative estimate of drug-likeness (QED) is 0.502. The van der Waals surface area contributed by atoms with Crippen molar-refractivity contribution < 1.29 is 13.9 Å². The number of rotatable bonds is 8. The van der Waals surface area contributed by atoms with Gasteiger partial charge in [0.1, 0.15) is 24.1 Å². The molecular formula is C26H28FN5O2. The third kappa shape index (κ3) is 5.20. The number of halogens is 1. The SMILES string of the molecule is N#Cc1ccc(COc2cccc(N3CCC(Cc4nccn4C[C@@H]4CCO4)CC3)n2)c(F)c1. The molecule has 0 amide bonds. The molecule has 5 rings (SSSR count). The van der Waals surface area contributed by atoms with Gasteiger partial charge in [-0.25, -0.2) is 9.37 Å². The van der Waals surface area contributed by atoms with Crippen molar-refractivity contribution in [1.82, 2.24) is 14.5 Å². The molecule has 2 aliphatic rings. The van der Waals surface area contributed by atoms with Gasteiger partial charge in [-0.2, -0.15) is 10.2 Å². The standard InChI is InChI=1S/C26H28FN5O2/c27-23-14-20(16-28)4-5-21(23)18-34-26-3-1-2-24(30-26)31-10-6-19(7-11-31)15-25-29-9-12-32(25)17-22-8-13-33-22/h1-5,9,12,14,19,22H,6-8,10-11,13,15,17-18H2/t22-/m0/s1. The Bertz CT molecular complexity index is 1160. The molecule has 0 saturated carbocycles. The molecule has 0 bridgehead atoms. The molecule has 2 aromatic heterocycles. The van der Waals surface area contributed by atoms with Crippen molar-refractivity contribution in [2.24, 2.45) is 5.92 Å². The summed E-state index contributed by atoms with van der Waals surface area (Å²) in [5.74, 6) is 2.64. The third-order valence-corrected chi connectivity index (χ3v) is 6.67. The first kappa shape index (κ1) is 22.4. The van der Waals surface area contributed by atoms with Crippen molar-refractivity contribution in [3.05, 3.63) is 71.6 Å². The van der Waals surface area contributed by atoms with Crippen LogP contribution in [0.5, 0.6) is 5.88 Å². The molecule has 1 atom stereocenters. The second-order valence-corrected chi connectivity index (χ2v) is 8.95. The van der Waals surface area contributed by atoms with Crippen LogP contribution in [0.15, 0.2) is 48.8 Å². The van der Waals surface area contributed by atoms with Gasteiger partial charge < -0.3 is 18.9 Å². The summed E-state index contributed by atoms with van der Waals surface area (Å²) in [5, 5.41) is 8.88. The van der Waals surface area contributed by atoms with Gasteiger partial charge >= 0.3 is 0 Å². The minimum absolute atomic E-state index is 0.0641. The fourth-order valence-corrected chi connectivity index (χ4v) is 4.51. The minimum Gasteiger partial charge on any atom is -0.473 e. The third-order valence-electron chi connectivity index (χ3n) is 6.67. The molecule has 0 radical (unpaired) electrons. The molecule has 2 saturated heterocycles. The van der Waals surface area contributed by atoms with Crippen LogP contribution < -0.4 is 9.64 Å². The Labute approximate surface area is 198 Å². The maximum atomic E-state index is 14.1. The summed E-state index contributed by atoms with van der Waals surface area (Å²) >= 11 is 0. The predicted molar refractivity (Wildman–Crippen MR) is 125 cm³/mol. The minimum atomic E-state index is -0.446. The number of anilines is 1. The maximum Gasteiger partial charge on any atom is 0.215 e. The number of nitrogens with zero attached hydrogens (tertiary/aromatic N) is 5. The van der Waals surface area contributed by atoms with E-state index in [2.05, 4.69) is 25.6 Å². The largest absolute Gasteiger partial charge is 0.473 e. The highest BCUT2D eigenvalue weighted by molar-refractivity contribution is 5.41. The highest BCUT2D eigenvalue weighted by Gasteiger charge is 2.24. The normalized spacial score (nSPS) is 18.4. The van der Waals surface area contributed by atoms with E-state index in [1.807, 2.05) is 24.4 Å². The lowest BCUT2D eigenvalue weighted by atomic mass is 9.93. The monoisotopic (exact) mass is 461 g/mol. The van der Waals surface area contributed by atoms with Crippen LogP contribution in [-0.4, -0.2) is 40.3 Å². The van der Waals surface area contributed by atoms with Crippen molar-refractivity contribution in [3.63, 3.8) is 0 Å². The van der Waals surface area contributed by atoms with E-state index in [-0.39, 0.29) is 6.61 Å². The van der Waals surface area contributed by atoms with E-state index in [9.17, 15) is 4.39 Å². The van der Waals surface area contributed by atoms with Crippen LogP contribution in [0.25, 0.3) is 0 Å². The molecule has 0 unspecified atom stereocenters. The summed E-state index contributed by atoms with van der Waals surface area (Å²) in [4.78, 5) is 11.5. The first-order chi connectivity index (χ1) is 16.7. The zero-order valence-electron chi connectivity index (χ0n) is 19.1. The average molecular weight is 462 g/mol. The molecule has 1 aromatic carbocycles. The van der Waals surface area contributed by atoms with Gasteiger partial charge in [-0.1, -0.05) is 12.1 Å². The Hall–Kier alpha value is -3.44. The van der Waals surface area contributed by atoms with Crippen LogP contribution in [0.2, 0.25) is 0 Å². The van der Waals surface area contributed by atoms with Crippen molar-refractivity contribution >= 4 is 5.82 Å². The van der Waals surface area contributed by atoms with Crippen LogP contribution in [0.3, 0.4) is 0 Å². The lowest BCUT2D eigenvalue weighted by Crippen LogP contribution is -2.35. The van der Waals surface area contributed by atoms with Gasteiger partial charge in [-0.15, -0.1) is 0 Å². The molecule has 2 aliphatic heterocycles. The van der Waals surface area contributed by atoms with Gasteiger partial charge in [-0.3, -0.25) is 0 Å². The van der Waals surface area contributed by atoms with E-state index in [1.165, 1.54) is 6.07 Å². The summed E-state index contributed by atoms with van der Waals surface area (Å²) in [7, 11) is 0. The second-order valence-electron chi connectivity index (χ2n) is 8.95. The van der Waals surface area contributed by atoms with Crippen molar-refractivity contribution in [2.45, 2.75) is 44.9 Å². The summed E-state index contributed by atoms with van der Waals surface area (Å²) in [6, 6.07) is 12.0. The molecule has 2 fully saturated rings. The number of aromatic nitrogens is 3. The lowest BCUT2D eigenvalue weighted by Gasteiger charge is -2.33. The van der Waals surface area contributed by atoms with E-state index in [0.717, 1.165) is 63.6 Å². The number of nitriles is 1. The van der Waals surface area contributed by atoms with Gasteiger partial charge in [0.15, 0.2) is 0 Å². The number of piperidine rings is 1. The Morgan fingerprint density at radius 1 is 1.18 bits per heavy atom. The van der Waals surface area contributed by atoms with E-state index in [4.69, 9.17) is 14.7 Å². The van der Waals surface area contributed by atoms with E-state index in [1.54, 1.807) is 18.2 Å². The predicted octanol–water partition coefficient (Wildman–Crippen LogP) is 4.12. The lowest BCUT2D eigenvalue weighted by molar-refractivity contribution is -0.0596. The molecule has 7 nitrogen and oxygen atoms in total. The van der Waals surface area contributed by atoms with Gasteiger partial charge in [0.25, 0.3) is 0 Å². The van der Waals surface area contributed by atoms with Gasteiger partial charge in [0.2, 0.25) is 5.88 Å². The van der Waals surface area contributed by atoms with E-state index < -0.39 is 5.82 Å². The fourth-order valence-electron chi connectivity index (χ4n) is 4.51. The van der Waals surface area contributed by atoms with Gasteiger partial charge in [-0.05, 0) is 43.4 Å². The van der Waals surface area contributed by atoms with Crippen molar-refractivity contribution in [3.8, 4) is 11.9 Å². The van der Waals surface area contributed by atoms with E-state index in [0.29, 0.717) is 29.0 Å². The Morgan fingerprint density at radius 3 is 2.76 bits per heavy atom. The van der Waals surface area contributed by atoms with Crippen LogP contribution in [0, 0.1) is 23.1 Å². The first-order valence-corrected chi connectivity index (χ1v) is 11.8. The summed E-state index contributed by atoms with van der Waals surface area (Å²) in [6.45, 7) is 3.70. The molecule has 3 aromatic rings.